The Morgan fingerprint density at radius 3 is 1.49 bits per heavy atom. The van der Waals surface area contributed by atoms with Crippen LogP contribution in [0.5, 0.6) is 0 Å². The van der Waals surface area contributed by atoms with Crippen LogP contribution in [0.25, 0.3) is 87.3 Å². The Morgan fingerprint density at radius 2 is 0.805 bits per heavy atom. The Hall–Kier alpha value is -5.40. The van der Waals surface area contributed by atoms with Gasteiger partial charge in [-0.05, 0) is 89.6 Å². The summed E-state index contributed by atoms with van der Waals surface area (Å²) < 4.78 is 6.34. The van der Waals surface area contributed by atoms with Gasteiger partial charge in [0, 0.05) is 10.8 Å². The first-order chi connectivity index (χ1) is 20.3. The first-order valence-corrected chi connectivity index (χ1v) is 14.1. The van der Waals surface area contributed by atoms with Crippen molar-refractivity contribution in [2.75, 3.05) is 0 Å². The quantitative estimate of drug-likeness (QED) is 0.207. The van der Waals surface area contributed by atoms with Crippen molar-refractivity contribution in [3.05, 3.63) is 146 Å². The molecule has 1 heteroatoms. The highest BCUT2D eigenvalue weighted by Gasteiger charge is 2.18. The van der Waals surface area contributed by atoms with Crippen LogP contribution < -0.4 is 0 Å². The van der Waals surface area contributed by atoms with Gasteiger partial charge >= 0.3 is 0 Å². The molecular weight excluding hydrogens is 496 g/mol. The van der Waals surface area contributed by atoms with Gasteiger partial charge in [-0.2, -0.15) is 0 Å². The van der Waals surface area contributed by atoms with E-state index in [2.05, 4.69) is 146 Å². The topological polar surface area (TPSA) is 13.1 Å². The second-order valence-corrected chi connectivity index (χ2v) is 10.9. The monoisotopic (exact) mass is 520 g/mol. The average Bonchev–Trinajstić information content (AvgIpc) is 3.42. The third kappa shape index (κ3) is 3.30. The van der Waals surface area contributed by atoms with Gasteiger partial charge in [-0.25, -0.2) is 0 Å². The molecule has 41 heavy (non-hydrogen) atoms. The van der Waals surface area contributed by atoms with E-state index in [0.717, 1.165) is 16.6 Å². The molecule has 1 nitrogen and oxygen atoms in total. The second-order valence-electron chi connectivity index (χ2n) is 10.9. The third-order valence-electron chi connectivity index (χ3n) is 8.62. The molecule has 0 fully saturated rings. The van der Waals surface area contributed by atoms with Crippen LogP contribution in [0.3, 0.4) is 0 Å². The van der Waals surface area contributed by atoms with Crippen LogP contribution in [-0.2, 0) is 0 Å². The van der Waals surface area contributed by atoms with Crippen LogP contribution in [-0.4, -0.2) is 0 Å². The Morgan fingerprint density at radius 1 is 0.317 bits per heavy atom. The zero-order chi connectivity index (χ0) is 26.9. The van der Waals surface area contributed by atoms with Crippen molar-refractivity contribution < 1.29 is 4.42 Å². The summed E-state index contributed by atoms with van der Waals surface area (Å²) in [5.74, 6) is 0. The maximum Gasteiger partial charge on any atom is 0.136 e. The smallest absolute Gasteiger partial charge is 0.136 e. The summed E-state index contributed by atoms with van der Waals surface area (Å²) in [7, 11) is 0. The minimum absolute atomic E-state index is 0.918. The fourth-order valence-electron chi connectivity index (χ4n) is 6.80. The van der Waals surface area contributed by atoms with E-state index in [4.69, 9.17) is 4.42 Å². The van der Waals surface area contributed by atoms with Crippen LogP contribution in [0, 0.1) is 0 Å². The van der Waals surface area contributed by atoms with Gasteiger partial charge in [0.05, 0.1) is 0 Å². The summed E-state index contributed by atoms with van der Waals surface area (Å²) in [4.78, 5) is 0. The largest absolute Gasteiger partial charge is 0.456 e. The molecule has 0 spiro atoms. The summed E-state index contributed by atoms with van der Waals surface area (Å²) in [5.41, 5.74) is 6.83. The van der Waals surface area contributed by atoms with Crippen molar-refractivity contribution in [1.29, 1.82) is 0 Å². The van der Waals surface area contributed by atoms with Crippen LogP contribution in [0.4, 0.5) is 0 Å². The van der Waals surface area contributed by atoms with Gasteiger partial charge in [0.15, 0.2) is 0 Å². The van der Waals surface area contributed by atoms with Gasteiger partial charge in [0.25, 0.3) is 0 Å². The van der Waals surface area contributed by atoms with Gasteiger partial charge in [0.1, 0.15) is 11.2 Å². The number of rotatable bonds is 2. The van der Waals surface area contributed by atoms with E-state index in [0.29, 0.717) is 0 Å². The number of benzene rings is 8. The minimum Gasteiger partial charge on any atom is -0.456 e. The zero-order valence-electron chi connectivity index (χ0n) is 22.3. The van der Waals surface area contributed by atoms with E-state index in [1.165, 1.54) is 70.7 Å². The Bertz CT molecular complexity index is 2420. The SMILES string of the molecule is c1ccc2cc(-c3c4ccccc4c(-c4ccc5oc6ccc7ccccc7c6c5c4)c4ccccc34)ccc2c1. The number of fused-ring (bicyclic) bond motifs is 8. The predicted octanol–water partition coefficient (Wildman–Crippen LogP) is 11.5. The summed E-state index contributed by atoms with van der Waals surface area (Å²) in [6.07, 6.45) is 0. The lowest BCUT2D eigenvalue weighted by molar-refractivity contribution is 0.669. The first kappa shape index (κ1) is 22.4. The lowest BCUT2D eigenvalue weighted by Crippen LogP contribution is -1.91. The Kier molecular flexibility index (Phi) is 4.67. The minimum atomic E-state index is 0.918. The molecule has 0 N–H and O–H groups in total. The Labute approximate surface area is 236 Å². The fourth-order valence-corrected chi connectivity index (χ4v) is 6.80. The van der Waals surface area contributed by atoms with Crippen molar-refractivity contribution in [2.24, 2.45) is 0 Å². The molecule has 0 saturated heterocycles. The van der Waals surface area contributed by atoms with Gasteiger partial charge in [-0.3, -0.25) is 0 Å². The molecule has 0 saturated carbocycles. The van der Waals surface area contributed by atoms with Crippen molar-refractivity contribution in [2.45, 2.75) is 0 Å². The average molecular weight is 521 g/mol. The molecule has 0 radical (unpaired) electrons. The van der Waals surface area contributed by atoms with Gasteiger partial charge in [-0.15, -0.1) is 0 Å². The molecule has 9 aromatic rings. The molecule has 0 amide bonds. The molecular formula is C40H24O. The van der Waals surface area contributed by atoms with Crippen LogP contribution >= 0.6 is 0 Å². The summed E-state index contributed by atoms with van der Waals surface area (Å²) in [5, 5.41) is 12.3. The van der Waals surface area contributed by atoms with Gasteiger partial charge in [-0.1, -0.05) is 121 Å². The number of furan rings is 1. The van der Waals surface area contributed by atoms with Crippen LogP contribution in [0.15, 0.2) is 150 Å². The summed E-state index contributed by atoms with van der Waals surface area (Å²) in [6.45, 7) is 0. The van der Waals surface area contributed by atoms with Gasteiger partial charge in [0.2, 0.25) is 0 Å². The second kappa shape index (κ2) is 8.55. The van der Waals surface area contributed by atoms with Crippen LogP contribution in [0.2, 0.25) is 0 Å². The zero-order valence-corrected chi connectivity index (χ0v) is 22.3. The van der Waals surface area contributed by atoms with Crippen molar-refractivity contribution in [3.63, 3.8) is 0 Å². The van der Waals surface area contributed by atoms with E-state index < -0.39 is 0 Å². The van der Waals surface area contributed by atoms with E-state index in [1.54, 1.807) is 0 Å². The molecule has 0 unspecified atom stereocenters. The number of hydrogen-bond acceptors (Lipinski definition) is 1. The van der Waals surface area contributed by atoms with E-state index in [1.807, 2.05) is 0 Å². The third-order valence-corrected chi connectivity index (χ3v) is 8.62. The molecule has 1 heterocycles. The molecule has 0 aliphatic rings. The van der Waals surface area contributed by atoms with E-state index in [9.17, 15) is 0 Å². The number of hydrogen-bond donors (Lipinski definition) is 0. The van der Waals surface area contributed by atoms with Crippen molar-refractivity contribution in [1.82, 2.24) is 0 Å². The maximum atomic E-state index is 6.34. The fraction of sp³-hybridized carbons (Fsp3) is 0. The predicted molar refractivity (Wildman–Crippen MR) is 175 cm³/mol. The lowest BCUT2D eigenvalue weighted by atomic mass is 9.85. The highest BCUT2D eigenvalue weighted by Crippen LogP contribution is 2.45. The Balaban J connectivity index is 1.39. The normalized spacial score (nSPS) is 11.9. The lowest BCUT2D eigenvalue weighted by Gasteiger charge is -2.18. The van der Waals surface area contributed by atoms with Gasteiger partial charge < -0.3 is 4.42 Å². The van der Waals surface area contributed by atoms with Crippen molar-refractivity contribution >= 4 is 65.0 Å². The summed E-state index contributed by atoms with van der Waals surface area (Å²) in [6, 6.07) is 52.7. The molecule has 8 aromatic carbocycles. The van der Waals surface area contributed by atoms with E-state index in [-0.39, 0.29) is 0 Å². The van der Waals surface area contributed by atoms with Crippen LogP contribution in [0.1, 0.15) is 0 Å². The first-order valence-electron chi connectivity index (χ1n) is 14.1. The maximum absolute atomic E-state index is 6.34. The summed E-state index contributed by atoms with van der Waals surface area (Å²) >= 11 is 0. The molecule has 0 aliphatic heterocycles. The van der Waals surface area contributed by atoms with Crippen molar-refractivity contribution in [3.8, 4) is 22.3 Å². The highest BCUT2D eigenvalue weighted by molar-refractivity contribution is 6.24. The molecule has 0 aliphatic carbocycles. The molecule has 0 bridgehead atoms. The standard InChI is InChI=1S/C40H24O/c1-2-11-27-23-28(18-17-25(27)9-1)38-31-13-5-7-15-33(31)39(34-16-8-6-14-32(34)38)29-20-21-36-35(24-29)40-30-12-4-3-10-26(30)19-22-37(40)41-36/h1-24H. The molecule has 190 valence electrons. The van der Waals surface area contributed by atoms with E-state index >= 15 is 0 Å². The molecule has 9 rings (SSSR count). The molecule has 0 atom stereocenters. The molecule has 1 aromatic heterocycles. The highest BCUT2D eigenvalue weighted by atomic mass is 16.3.